The van der Waals surface area contributed by atoms with Gasteiger partial charge in [0.1, 0.15) is 18.8 Å². The molecule has 16 heteroatoms. The van der Waals surface area contributed by atoms with Crippen molar-refractivity contribution >= 4 is 65.6 Å². The molecule has 0 heterocycles. The summed E-state index contributed by atoms with van der Waals surface area (Å²) in [5.74, 6) is -1.97. The molecule has 1 atom stereocenters. The maximum Gasteiger partial charge on any atom is 0.264 e. The molecule has 270 valence electrons. The van der Waals surface area contributed by atoms with Crippen molar-refractivity contribution in [3.63, 3.8) is 0 Å². The number of hydrogen-bond donors (Lipinski definition) is 4. The third-order valence-electron chi connectivity index (χ3n) is 8.01. The molecule has 7 N–H and O–H groups in total. The number of carbonyl (C=O) groups is 3. The minimum Gasteiger partial charge on any atom is -0.497 e. The zero-order valence-corrected chi connectivity index (χ0v) is 29.5. The molecule has 0 saturated heterocycles. The van der Waals surface area contributed by atoms with Crippen LogP contribution in [0.5, 0.6) is 5.75 Å². The van der Waals surface area contributed by atoms with Gasteiger partial charge in [-0.1, -0.05) is 54.6 Å². The average molecular weight is 745 g/mol. The fourth-order valence-corrected chi connectivity index (χ4v) is 8.39. The zero-order chi connectivity index (χ0) is 37.6. The first-order valence-corrected chi connectivity index (χ1v) is 18.6. The predicted molar refractivity (Wildman–Crippen MR) is 198 cm³/mol. The fourth-order valence-electron chi connectivity index (χ4n) is 5.49. The van der Waals surface area contributed by atoms with Crippen molar-refractivity contribution in [2.24, 2.45) is 17.2 Å². The third kappa shape index (κ3) is 8.15. The number of rotatable bonds is 15. The monoisotopic (exact) mass is 744 g/mol. The van der Waals surface area contributed by atoms with Crippen molar-refractivity contribution in [3.8, 4) is 5.75 Å². The zero-order valence-electron chi connectivity index (χ0n) is 27.9. The van der Waals surface area contributed by atoms with E-state index in [2.05, 4.69) is 5.32 Å². The van der Waals surface area contributed by atoms with Gasteiger partial charge >= 0.3 is 0 Å². The lowest BCUT2D eigenvalue weighted by molar-refractivity contribution is -0.117. The second-order valence-electron chi connectivity index (χ2n) is 11.6. The Kier molecular flexibility index (Phi) is 11.1. The summed E-state index contributed by atoms with van der Waals surface area (Å²) >= 11 is 0. The van der Waals surface area contributed by atoms with Crippen LogP contribution in [0.15, 0.2) is 125 Å². The van der Waals surface area contributed by atoms with Crippen molar-refractivity contribution < 1.29 is 36.0 Å². The van der Waals surface area contributed by atoms with E-state index in [0.717, 1.165) is 14.2 Å². The van der Waals surface area contributed by atoms with E-state index in [-0.39, 0.29) is 37.6 Å². The minimum atomic E-state index is -4.50. The van der Waals surface area contributed by atoms with Crippen LogP contribution in [-0.2, 0) is 40.9 Å². The number of carbonyl (C=O) groups excluding carboxylic acids is 3. The summed E-state index contributed by atoms with van der Waals surface area (Å²) in [6, 6.07) is 28.1. The smallest absolute Gasteiger partial charge is 0.264 e. The molecule has 0 unspecified atom stereocenters. The lowest BCUT2D eigenvalue weighted by atomic mass is 10.1. The maximum absolute atomic E-state index is 14.2. The van der Waals surface area contributed by atoms with E-state index >= 15 is 0 Å². The molecule has 0 aromatic heterocycles. The van der Waals surface area contributed by atoms with E-state index in [4.69, 9.17) is 21.9 Å². The van der Waals surface area contributed by atoms with E-state index in [0.29, 0.717) is 12.2 Å². The van der Waals surface area contributed by atoms with Crippen LogP contribution in [0.1, 0.15) is 5.56 Å². The van der Waals surface area contributed by atoms with E-state index in [1.807, 2.05) is 30.3 Å². The average Bonchev–Trinajstić information content (AvgIpc) is 3.13. The highest BCUT2D eigenvalue weighted by Gasteiger charge is 2.32. The van der Waals surface area contributed by atoms with Crippen LogP contribution in [0.3, 0.4) is 0 Å². The van der Waals surface area contributed by atoms with Crippen molar-refractivity contribution in [1.82, 2.24) is 0 Å². The van der Waals surface area contributed by atoms with E-state index in [9.17, 15) is 31.2 Å². The summed E-state index contributed by atoms with van der Waals surface area (Å²) in [6.07, 6.45) is 0.293. The van der Waals surface area contributed by atoms with Gasteiger partial charge in [0.25, 0.3) is 20.0 Å². The fraction of sp³-hybridized carbons (Fsp3) is 0.139. The Morgan fingerprint density at radius 3 is 1.54 bits per heavy atom. The van der Waals surface area contributed by atoms with E-state index in [1.54, 1.807) is 18.2 Å². The maximum atomic E-state index is 14.2. The van der Waals surface area contributed by atoms with Gasteiger partial charge in [-0.05, 0) is 72.6 Å². The number of sulfonamides is 2. The highest BCUT2D eigenvalue weighted by molar-refractivity contribution is 7.93. The summed E-state index contributed by atoms with van der Waals surface area (Å²) < 4.78 is 62.9. The first-order valence-electron chi connectivity index (χ1n) is 15.7. The quantitative estimate of drug-likeness (QED) is 0.123. The Hall–Kier alpha value is -5.97. The molecule has 5 aromatic rings. The van der Waals surface area contributed by atoms with Crippen molar-refractivity contribution in [2.75, 3.05) is 34.1 Å². The Morgan fingerprint density at radius 2 is 1.10 bits per heavy atom. The first-order chi connectivity index (χ1) is 24.7. The number of primary amides is 2. The number of nitrogens with zero attached hydrogens (tertiary/aromatic N) is 2. The summed E-state index contributed by atoms with van der Waals surface area (Å²) in [4.78, 5) is 36.9. The van der Waals surface area contributed by atoms with Crippen LogP contribution in [-0.4, -0.2) is 60.8 Å². The molecule has 0 aliphatic heterocycles. The highest BCUT2D eigenvalue weighted by Crippen LogP contribution is 2.38. The number of methoxy groups -OCH3 is 1. The van der Waals surface area contributed by atoms with Gasteiger partial charge in [-0.3, -0.25) is 23.0 Å². The Bertz CT molecular complexity index is 2320. The number of benzene rings is 5. The number of anilines is 3. The lowest BCUT2D eigenvalue weighted by Gasteiger charge is -2.28. The number of hydrogen-bond acceptors (Lipinski definition) is 9. The Balaban J connectivity index is 1.51. The summed E-state index contributed by atoms with van der Waals surface area (Å²) in [5.41, 5.74) is 18.3. The molecular formula is C36H36N6O8S2. The molecule has 0 saturated carbocycles. The summed E-state index contributed by atoms with van der Waals surface area (Å²) in [7, 11) is -7.46. The molecule has 0 aliphatic rings. The molecule has 0 bridgehead atoms. The van der Waals surface area contributed by atoms with Gasteiger partial charge < -0.3 is 27.3 Å². The first kappa shape index (κ1) is 37.3. The largest absolute Gasteiger partial charge is 0.497 e. The Labute approximate surface area is 300 Å². The topological polar surface area (TPSA) is 225 Å². The predicted octanol–water partition coefficient (Wildman–Crippen LogP) is 2.72. The number of fused-ring (bicyclic) bond motifs is 1. The van der Waals surface area contributed by atoms with Gasteiger partial charge in [0.15, 0.2) is 0 Å². The summed E-state index contributed by atoms with van der Waals surface area (Å²) in [5, 5.41) is 3.13. The van der Waals surface area contributed by atoms with E-state index in [1.165, 1.54) is 73.8 Å². The molecule has 0 radical (unpaired) electrons. The highest BCUT2D eigenvalue weighted by atomic mass is 32.2. The van der Waals surface area contributed by atoms with Crippen molar-refractivity contribution in [2.45, 2.75) is 22.3 Å². The van der Waals surface area contributed by atoms with Gasteiger partial charge in [0.2, 0.25) is 17.7 Å². The second kappa shape index (κ2) is 15.5. The van der Waals surface area contributed by atoms with Gasteiger partial charge in [-0.25, -0.2) is 16.8 Å². The van der Waals surface area contributed by atoms with Crippen molar-refractivity contribution in [3.05, 3.63) is 121 Å². The van der Waals surface area contributed by atoms with Crippen LogP contribution in [0, 0.1) is 0 Å². The SMILES string of the molecule is COc1ccc(S(=O)(=O)N(CC(N)=O)c2ccc(N(CC(N)=O)S(=O)(=O)c3ccc(NC(=O)[C@H](N)Cc4ccccc4)cc3)c3ccccc23)cc1. The lowest BCUT2D eigenvalue weighted by Crippen LogP contribution is -2.39. The van der Waals surface area contributed by atoms with Gasteiger partial charge in [0.05, 0.1) is 34.3 Å². The van der Waals surface area contributed by atoms with E-state index < -0.39 is 56.9 Å². The van der Waals surface area contributed by atoms with Crippen molar-refractivity contribution in [1.29, 1.82) is 0 Å². The van der Waals surface area contributed by atoms with Gasteiger partial charge in [-0.15, -0.1) is 0 Å². The molecule has 5 rings (SSSR count). The van der Waals surface area contributed by atoms with Crippen LogP contribution in [0.4, 0.5) is 17.1 Å². The molecule has 0 aliphatic carbocycles. The molecule has 14 nitrogen and oxygen atoms in total. The van der Waals surface area contributed by atoms with Crippen LogP contribution in [0.2, 0.25) is 0 Å². The van der Waals surface area contributed by atoms with Gasteiger partial charge in [-0.2, -0.15) is 0 Å². The molecule has 3 amide bonds. The second-order valence-corrected chi connectivity index (χ2v) is 15.3. The number of ether oxygens (including phenoxy) is 1. The Morgan fingerprint density at radius 1 is 0.654 bits per heavy atom. The summed E-state index contributed by atoms with van der Waals surface area (Å²) in [6.45, 7) is -1.51. The number of nitrogens with two attached hydrogens (primary N) is 3. The van der Waals surface area contributed by atoms with Gasteiger partial charge in [0, 0.05) is 16.5 Å². The molecule has 5 aromatic carbocycles. The third-order valence-corrected chi connectivity index (χ3v) is 11.6. The standard InChI is InChI=1S/C36H36N6O8S2/c1-50-26-13-17-28(18-14-26)52(48,49)42(23-35(39)44)33-20-19-32(29-9-5-6-10-30(29)33)41(22-34(38)43)51(46,47)27-15-11-25(12-16-27)40-36(45)31(37)21-24-7-3-2-4-8-24/h2-20,31H,21-23,37H2,1H3,(H2,38,43)(H2,39,44)(H,40,45)/t31-/m1/s1. The molecular weight excluding hydrogens is 709 g/mol. The number of nitrogens with one attached hydrogen (secondary N) is 1. The normalized spacial score (nSPS) is 12.1. The van der Waals surface area contributed by atoms with Crippen LogP contribution in [0.25, 0.3) is 10.8 Å². The number of amides is 3. The molecule has 0 fully saturated rings. The molecule has 52 heavy (non-hydrogen) atoms. The minimum absolute atomic E-state index is 0.00304. The molecule has 0 spiro atoms. The van der Waals surface area contributed by atoms with Crippen LogP contribution >= 0.6 is 0 Å². The van der Waals surface area contributed by atoms with Crippen LogP contribution < -0.4 is 35.9 Å².